The number of aromatic amines is 1. The SMILES string of the molecule is Fc1ccc2c(CCNCC3CNc4ccnn4C3)c[nH]c2c1. The first-order valence-electron chi connectivity index (χ1n) is 8.01. The van der Waals surface area contributed by atoms with Crippen LogP contribution in [0.15, 0.2) is 36.7 Å². The summed E-state index contributed by atoms with van der Waals surface area (Å²) in [7, 11) is 0. The summed E-state index contributed by atoms with van der Waals surface area (Å²) >= 11 is 0. The van der Waals surface area contributed by atoms with Gasteiger partial charge in [0.1, 0.15) is 11.6 Å². The van der Waals surface area contributed by atoms with Crippen LogP contribution < -0.4 is 10.6 Å². The fourth-order valence-corrected chi connectivity index (χ4v) is 3.22. The number of nitrogens with zero attached hydrogens (tertiary/aromatic N) is 2. The molecule has 2 aromatic heterocycles. The molecule has 3 N–H and O–H groups in total. The molecule has 1 aliphatic rings. The average Bonchev–Trinajstić information content (AvgIpc) is 3.17. The maximum absolute atomic E-state index is 13.2. The Labute approximate surface area is 133 Å². The van der Waals surface area contributed by atoms with Gasteiger partial charge in [0.15, 0.2) is 0 Å². The summed E-state index contributed by atoms with van der Waals surface area (Å²) < 4.78 is 15.2. The van der Waals surface area contributed by atoms with Crippen molar-refractivity contribution in [3.8, 4) is 0 Å². The number of H-pyrrole nitrogens is 1. The molecular formula is C17H20FN5. The third kappa shape index (κ3) is 2.94. The number of rotatable bonds is 5. The van der Waals surface area contributed by atoms with Gasteiger partial charge in [-0.1, -0.05) is 0 Å². The minimum atomic E-state index is -0.202. The van der Waals surface area contributed by atoms with Gasteiger partial charge in [-0.3, -0.25) is 0 Å². The zero-order chi connectivity index (χ0) is 15.6. The molecule has 0 fully saturated rings. The largest absolute Gasteiger partial charge is 0.370 e. The van der Waals surface area contributed by atoms with Crippen LogP contribution in [0.2, 0.25) is 0 Å². The number of fused-ring (bicyclic) bond motifs is 2. The van der Waals surface area contributed by atoms with E-state index in [1.165, 1.54) is 11.6 Å². The number of anilines is 1. The topological polar surface area (TPSA) is 57.7 Å². The van der Waals surface area contributed by atoms with Crippen LogP contribution in [0.5, 0.6) is 0 Å². The number of halogens is 1. The van der Waals surface area contributed by atoms with E-state index < -0.39 is 0 Å². The second-order valence-corrected chi connectivity index (χ2v) is 6.10. The quantitative estimate of drug-likeness (QED) is 0.634. The number of hydrogen-bond acceptors (Lipinski definition) is 3. The molecule has 0 aliphatic carbocycles. The Morgan fingerprint density at radius 3 is 3.26 bits per heavy atom. The van der Waals surface area contributed by atoms with E-state index in [4.69, 9.17) is 0 Å². The van der Waals surface area contributed by atoms with E-state index in [2.05, 4.69) is 20.7 Å². The maximum Gasteiger partial charge on any atom is 0.125 e. The normalized spacial score (nSPS) is 17.2. The van der Waals surface area contributed by atoms with Gasteiger partial charge in [-0.05, 0) is 36.7 Å². The highest BCUT2D eigenvalue weighted by atomic mass is 19.1. The number of aromatic nitrogens is 3. The monoisotopic (exact) mass is 313 g/mol. The predicted molar refractivity (Wildman–Crippen MR) is 89.0 cm³/mol. The van der Waals surface area contributed by atoms with Crippen molar-refractivity contribution in [2.45, 2.75) is 13.0 Å². The van der Waals surface area contributed by atoms with E-state index in [1.807, 2.05) is 29.2 Å². The predicted octanol–water partition coefficient (Wildman–Crippen LogP) is 2.38. The Balaban J connectivity index is 1.29. The van der Waals surface area contributed by atoms with Crippen molar-refractivity contribution in [2.75, 3.05) is 25.0 Å². The van der Waals surface area contributed by atoms with E-state index in [9.17, 15) is 4.39 Å². The van der Waals surface area contributed by atoms with E-state index >= 15 is 0 Å². The van der Waals surface area contributed by atoms with Crippen LogP contribution in [0.25, 0.3) is 10.9 Å². The third-order valence-electron chi connectivity index (χ3n) is 4.45. The summed E-state index contributed by atoms with van der Waals surface area (Å²) in [6.45, 7) is 3.80. The molecule has 0 spiro atoms. The molecule has 3 aromatic rings. The molecule has 120 valence electrons. The number of hydrogen-bond donors (Lipinski definition) is 3. The standard InChI is InChI=1S/C17H20FN5/c18-14-1-2-15-13(10-20-16(15)7-14)3-5-19-8-12-9-21-17-4-6-22-23(17)11-12/h1-2,4,6-7,10,12,19-21H,3,5,8-9,11H2. The van der Waals surface area contributed by atoms with Gasteiger partial charge >= 0.3 is 0 Å². The van der Waals surface area contributed by atoms with Gasteiger partial charge in [0.25, 0.3) is 0 Å². The fourth-order valence-electron chi connectivity index (χ4n) is 3.22. The third-order valence-corrected chi connectivity index (χ3v) is 4.45. The first-order valence-corrected chi connectivity index (χ1v) is 8.01. The fraction of sp³-hybridized carbons (Fsp3) is 0.353. The summed E-state index contributed by atoms with van der Waals surface area (Å²) in [6.07, 6.45) is 4.74. The van der Waals surface area contributed by atoms with Crippen LogP contribution in [0, 0.1) is 11.7 Å². The molecule has 0 saturated carbocycles. The lowest BCUT2D eigenvalue weighted by Gasteiger charge is -2.25. The van der Waals surface area contributed by atoms with Crippen LogP contribution in [0.1, 0.15) is 5.56 Å². The molecule has 0 saturated heterocycles. The Morgan fingerprint density at radius 1 is 1.35 bits per heavy atom. The first-order chi connectivity index (χ1) is 11.3. The number of benzene rings is 1. The highest BCUT2D eigenvalue weighted by Crippen LogP contribution is 2.19. The Bertz CT molecular complexity index is 806. The van der Waals surface area contributed by atoms with Crippen molar-refractivity contribution in [3.63, 3.8) is 0 Å². The molecule has 0 radical (unpaired) electrons. The molecular weight excluding hydrogens is 293 g/mol. The molecule has 6 heteroatoms. The highest BCUT2D eigenvalue weighted by Gasteiger charge is 2.17. The zero-order valence-corrected chi connectivity index (χ0v) is 12.8. The van der Waals surface area contributed by atoms with Gasteiger partial charge in [-0.15, -0.1) is 0 Å². The van der Waals surface area contributed by atoms with Gasteiger partial charge in [-0.2, -0.15) is 5.10 Å². The maximum atomic E-state index is 13.2. The van der Waals surface area contributed by atoms with Gasteiger partial charge in [0.2, 0.25) is 0 Å². The Morgan fingerprint density at radius 2 is 2.30 bits per heavy atom. The smallest absolute Gasteiger partial charge is 0.125 e. The van der Waals surface area contributed by atoms with E-state index in [-0.39, 0.29) is 5.82 Å². The van der Waals surface area contributed by atoms with Crippen LogP contribution in [-0.4, -0.2) is 34.4 Å². The molecule has 5 nitrogen and oxygen atoms in total. The minimum absolute atomic E-state index is 0.202. The average molecular weight is 313 g/mol. The van der Waals surface area contributed by atoms with Crippen LogP contribution >= 0.6 is 0 Å². The second kappa shape index (κ2) is 6.04. The molecule has 4 rings (SSSR count). The van der Waals surface area contributed by atoms with Gasteiger partial charge < -0.3 is 15.6 Å². The molecule has 1 atom stereocenters. The van der Waals surface area contributed by atoms with E-state index in [0.29, 0.717) is 5.92 Å². The lowest BCUT2D eigenvalue weighted by atomic mass is 10.1. The summed E-state index contributed by atoms with van der Waals surface area (Å²) in [5, 5.41) is 12.3. The highest BCUT2D eigenvalue weighted by molar-refractivity contribution is 5.83. The molecule has 1 aliphatic heterocycles. The van der Waals surface area contributed by atoms with Gasteiger partial charge in [0, 0.05) is 48.7 Å². The van der Waals surface area contributed by atoms with Crippen molar-refractivity contribution in [3.05, 3.63) is 48.0 Å². The molecule has 0 amide bonds. The Kier molecular flexibility index (Phi) is 3.75. The molecule has 23 heavy (non-hydrogen) atoms. The summed E-state index contributed by atoms with van der Waals surface area (Å²) in [6, 6.07) is 6.91. The summed E-state index contributed by atoms with van der Waals surface area (Å²) in [5.74, 6) is 1.44. The Hall–Kier alpha value is -2.34. The minimum Gasteiger partial charge on any atom is -0.370 e. The van der Waals surface area contributed by atoms with Crippen LogP contribution in [-0.2, 0) is 13.0 Å². The van der Waals surface area contributed by atoms with Crippen molar-refractivity contribution >= 4 is 16.7 Å². The van der Waals surface area contributed by atoms with Crippen molar-refractivity contribution in [1.29, 1.82) is 0 Å². The zero-order valence-electron chi connectivity index (χ0n) is 12.8. The molecule has 1 unspecified atom stereocenters. The molecule has 3 heterocycles. The lowest BCUT2D eigenvalue weighted by Crippen LogP contribution is -2.35. The van der Waals surface area contributed by atoms with Gasteiger partial charge in [-0.25, -0.2) is 9.07 Å². The van der Waals surface area contributed by atoms with E-state index in [0.717, 1.165) is 49.3 Å². The van der Waals surface area contributed by atoms with Crippen molar-refractivity contribution < 1.29 is 4.39 Å². The van der Waals surface area contributed by atoms with Crippen LogP contribution in [0.4, 0.5) is 10.2 Å². The van der Waals surface area contributed by atoms with Gasteiger partial charge in [0.05, 0.1) is 6.20 Å². The lowest BCUT2D eigenvalue weighted by molar-refractivity contribution is 0.393. The van der Waals surface area contributed by atoms with Crippen molar-refractivity contribution in [1.82, 2.24) is 20.1 Å². The summed E-state index contributed by atoms with van der Waals surface area (Å²) in [5.41, 5.74) is 2.09. The molecule has 0 bridgehead atoms. The molecule has 1 aromatic carbocycles. The summed E-state index contributed by atoms with van der Waals surface area (Å²) in [4.78, 5) is 3.14. The van der Waals surface area contributed by atoms with E-state index in [1.54, 1.807) is 6.07 Å². The second-order valence-electron chi connectivity index (χ2n) is 6.10. The van der Waals surface area contributed by atoms with Crippen molar-refractivity contribution in [2.24, 2.45) is 5.92 Å². The number of nitrogens with one attached hydrogen (secondary N) is 3. The first kappa shape index (κ1) is 14.3. The van der Waals surface area contributed by atoms with Crippen LogP contribution in [0.3, 0.4) is 0 Å².